The first-order valence-corrected chi connectivity index (χ1v) is 3.90. The van der Waals surface area contributed by atoms with Crippen LogP contribution < -0.4 is 0 Å². The molecule has 0 aliphatic heterocycles. The smallest absolute Gasteiger partial charge is 0.165 e. The van der Waals surface area contributed by atoms with Crippen LogP contribution in [0.4, 0.5) is 4.39 Å². The molecule has 0 aliphatic carbocycles. The van der Waals surface area contributed by atoms with E-state index in [-0.39, 0.29) is 6.54 Å². The number of rotatable bonds is 3. The highest BCUT2D eigenvalue weighted by molar-refractivity contribution is 5.57. The first-order valence-electron chi connectivity index (χ1n) is 3.90. The Kier molecular flexibility index (Phi) is 3.52. The summed E-state index contributed by atoms with van der Waals surface area (Å²) in [6.45, 7) is 0.173. The van der Waals surface area contributed by atoms with Crippen LogP contribution in [0.15, 0.2) is 29.4 Å². The topological polar surface area (TPSA) is 69.0 Å². The van der Waals surface area contributed by atoms with Gasteiger partial charge in [0.2, 0.25) is 0 Å². The van der Waals surface area contributed by atoms with Gasteiger partial charge in [-0.15, -0.1) is 0 Å². The molecule has 0 aliphatic rings. The van der Waals surface area contributed by atoms with Crippen molar-refractivity contribution in [3.63, 3.8) is 0 Å². The zero-order chi connectivity index (χ0) is 10.4. The van der Waals surface area contributed by atoms with Crippen LogP contribution in [0.3, 0.4) is 0 Å². The third-order valence-electron chi connectivity index (χ3n) is 1.57. The fourth-order valence-electron chi connectivity index (χ4n) is 0.930. The van der Waals surface area contributed by atoms with Crippen LogP contribution in [0.1, 0.15) is 5.56 Å². The molecule has 0 bridgehead atoms. The van der Waals surface area contributed by atoms with Gasteiger partial charge in [0, 0.05) is 17.0 Å². The molecule has 0 atom stereocenters. The average Bonchev–Trinajstić information content (AvgIpc) is 2.19. The van der Waals surface area contributed by atoms with E-state index in [1.165, 1.54) is 24.3 Å². The SMILES string of the molecule is [N-]=[N+]=NCC=Cc1cccc(F)c1O. The molecule has 72 valence electrons. The number of halogens is 1. The molecule has 0 amide bonds. The molecule has 4 nitrogen and oxygen atoms in total. The van der Waals surface area contributed by atoms with Crippen LogP contribution in [-0.2, 0) is 0 Å². The van der Waals surface area contributed by atoms with Crippen LogP contribution in [0.25, 0.3) is 16.5 Å². The molecular weight excluding hydrogens is 185 g/mol. The van der Waals surface area contributed by atoms with Crippen molar-refractivity contribution < 1.29 is 9.50 Å². The lowest BCUT2D eigenvalue weighted by molar-refractivity contribution is 0.431. The number of hydrogen-bond donors (Lipinski definition) is 1. The van der Waals surface area contributed by atoms with Crippen molar-refractivity contribution in [2.75, 3.05) is 6.54 Å². The van der Waals surface area contributed by atoms with Gasteiger partial charge in [-0.1, -0.05) is 29.4 Å². The molecule has 0 aromatic heterocycles. The van der Waals surface area contributed by atoms with E-state index in [0.29, 0.717) is 5.56 Å². The van der Waals surface area contributed by atoms with Gasteiger partial charge in [0.25, 0.3) is 0 Å². The van der Waals surface area contributed by atoms with Crippen molar-refractivity contribution in [1.29, 1.82) is 0 Å². The van der Waals surface area contributed by atoms with E-state index in [9.17, 15) is 9.50 Å². The summed E-state index contributed by atoms with van der Waals surface area (Å²) in [7, 11) is 0. The van der Waals surface area contributed by atoms with Crippen molar-refractivity contribution in [1.82, 2.24) is 0 Å². The van der Waals surface area contributed by atoms with Gasteiger partial charge in [-0.05, 0) is 11.6 Å². The lowest BCUT2D eigenvalue weighted by Crippen LogP contribution is -1.80. The van der Waals surface area contributed by atoms with Crippen molar-refractivity contribution in [3.05, 3.63) is 46.1 Å². The minimum absolute atomic E-state index is 0.173. The Balaban J connectivity index is 2.81. The maximum atomic E-state index is 12.8. The quantitative estimate of drug-likeness (QED) is 0.447. The predicted molar refractivity (Wildman–Crippen MR) is 51.1 cm³/mol. The summed E-state index contributed by atoms with van der Waals surface area (Å²) < 4.78 is 12.8. The van der Waals surface area contributed by atoms with Gasteiger partial charge in [0.05, 0.1) is 0 Å². The second kappa shape index (κ2) is 4.89. The number of benzene rings is 1. The van der Waals surface area contributed by atoms with Gasteiger partial charge in [-0.2, -0.15) is 0 Å². The molecule has 0 heterocycles. The summed E-state index contributed by atoms with van der Waals surface area (Å²) in [5, 5.41) is 12.5. The maximum absolute atomic E-state index is 12.8. The number of azide groups is 1. The molecule has 0 unspecified atom stereocenters. The number of nitrogens with zero attached hydrogens (tertiary/aromatic N) is 3. The van der Waals surface area contributed by atoms with Crippen molar-refractivity contribution in [2.24, 2.45) is 5.11 Å². The monoisotopic (exact) mass is 193 g/mol. The van der Waals surface area contributed by atoms with E-state index in [1.807, 2.05) is 0 Å². The Bertz CT molecular complexity index is 397. The predicted octanol–water partition coefficient (Wildman–Crippen LogP) is 2.85. The van der Waals surface area contributed by atoms with Crippen molar-refractivity contribution in [3.8, 4) is 5.75 Å². The van der Waals surface area contributed by atoms with Crippen LogP contribution in [0.2, 0.25) is 0 Å². The molecule has 14 heavy (non-hydrogen) atoms. The van der Waals surface area contributed by atoms with Crippen LogP contribution in [0.5, 0.6) is 5.75 Å². The molecule has 0 fully saturated rings. The number of phenols is 1. The minimum Gasteiger partial charge on any atom is -0.504 e. The second-order valence-corrected chi connectivity index (χ2v) is 2.49. The zero-order valence-corrected chi connectivity index (χ0v) is 7.26. The third-order valence-corrected chi connectivity index (χ3v) is 1.57. The number of hydrogen-bond acceptors (Lipinski definition) is 2. The van der Waals surface area contributed by atoms with E-state index in [1.54, 1.807) is 6.07 Å². The Hall–Kier alpha value is -2.00. The van der Waals surface area contributed by atoms with Gasteiger partial charge in [-0.3, -0.25) is 0 Å². The van der Waals surface area contributed by atoms with Crippen LogP contribution >= 0.6 is 0 Å². The summed E-state index contributed by atoms with van der Waals surface area (Å²) in [6.07, 6.45) is 3.03. The molecule has 0 spiro atoms. The largest absolute Gasteiger partial charge is 0.504 e. The van der Waals surface area contributed by atoms with Crippen LogP contribution in [-0.4, -0.2) is 11.7 Å². The summed E-state index contributed by atoms with van der Waals surface area (Å²) in [4.78, 5) is 2.54. The third kappa shape index (κ3) is 2.50. The molecule has 1 aromatic carbocycles. The lowest BCUT2D eigenvalue weighted by Gasteiger charge is -1.98. The Morgan fingerprint density at radius 2 is 2.36 bits per heavy atom. The second-order valence-electron chi connectivity index (χ2n) is 2.49. The molecule has 1 rings (SSSR count). The summed E-state index contributed by atoms with van der Waals surface area (Å²) in [6, 6.07) is 4.22. The van der Waals surface area contributed by atoms with Crippen molar-refractivity contribution >= 4 is 6.08 Å². The van der Waals surface area contributed by atoms with E-state index in [2.05, 4.69) is 10.0 Å². The highest BCUT2D eigenvalue weighted by atomic mass is 19.1. The maximum Gasteiger partial charge on any atom is 0.165 e. The molecule has 5 heteroatoms. The number of aromatic hydroxyl groups is 1. The highest BCUT2D eigenvalue weighted by Gasteiger charge is 2.01. The molecule has 0 saturated carbocycles. The van der Waals surface area contributed by atoms with E-state index < -0.39 is 11.6 Å². The molecule has 1 aromatic rings. The minimum atomic E-state index is -0.670. The van der Waals surface area contributed by atoms with E-state index in [0.717, 1.165) is 0 Å². The van der Waals surface area contributed by atoms with Gasteiger partial charge in [0.1, 0.15) is 0 Å². The zero-order valence-electron chi connectivity index (χ0n) is 7.26. The summed E-state index contributed by atoms with van der Waals surface area (Å²) in [5.41, 5.74) is 8.34. The van der Waals surface area contributed by atoms with Crippen LogP contribution in [0, 0.1) is 5.82 Å². The summed E-state index contributed by atoms with van der Waals surface area (Å²) in [5.74, 6) is -1.07. The number of para-hydroxylation sites is 1. The fourth-order valence-corrected chi connectivity index (χ4v) is 0.930. The van der Waals surface area contributed by atoms with E-state index in [4.69, 9.17) is 5.53 Å². The molecular formula is C9H8FN3O. The first-order chi connectivity index (χ1) is 6.75. The standard InChI is InChI=1S/C9H8FN3O/c10-8-5-1-3-7(9(8)14)4-2-6-12-13-11/h1-5,14H,6H2. The van der Waals surface area contributed by atoms with Crippen molar-refractivity contribution in [2.45, 2.75) is 0 Å². The fraction of sp³-hybridized carbons (Fsp3) is 0.111. The first kappa shape index (κ1) is 10.1. The van der Waals surface area contributed by atoms with Gasteiger partial charge in [0.15, 0.2) is 11.6 Å². The Morgan fingerprint density at radius 1 is 1.57 bits per heavy atom. The number of phenolic OH excluding ortho intramolecular Hbond substituents is 1. The molecule has 0 radical (unpaired) electrons. The van der Waals surface area contributed by atoms with Gasteiger partial charge >= 0.3 is 0 Å². The normalized spacial score (nSPS) is 10.1. The Labute approximate surface area is 79.9 Å². The lowest BCUT2D eigenvalue weighted by atomic mass is 10.2. The molecule has 1 N–H and O–H groups in total. The Morgan fingerprint density at radius 3 is 3.07 bits per heavy atom. The summed E-state index contributed by atoms with van der Waals surface area (Å²) >= 11 is 0. The van der Waals surface area contributed by atoms with Gasteiger partial charge in [-0.25, -0.2) is 4.39 Å². The highest BCUT2D eigenvalue weighted by Crippen LogP contribution is 2.21. The average molecular weight is 193 g/mol. The van der Waals surface area contributed by atoms with E-state index >= 15 is 0 Å². The van der Waals surface area contributed by atoms with Gasteiger partial charge < -0.3 is 5.11 Å². The molecule has 0 saturated heterocycles.